The van der Waals surface area contributed by atoms with E-state index >= 15 is 0 Å². The highest BCUT2D eigenvalue weighted by Crippen LogP contribution is 1.87. The molecule has 0 aliphatic carbocycles. The molecule has 0 saturated carbocycles. The van der Waals surface area contributed by atoms with Gasteiger partial charge in [-0.1, -0.05) is 13.3 Å². The van der Waals surface area contributed by atoms with E-state index in [1.54, 1.807) is 0 Å². The zero-order valence-electron chi connectivity index (χ0n) is 8.25. The summed E-state index contributed by atoms with van der Waals surface area (Å²) in [4.78, 5) is 19.8. The van der Waals surface area contributed by atoms with E-state index in [0.717, 1.165) is 12.8 Å². The molecule has 0 rings (SSSR count). The van der Waals surface area contributed by atoms with Crippen LogP contribution in [0.4, 0.5) is 0 Å². The van der Waals surface area contributed by atoms with Gasteiger partial charge < -0.3 is 15.0 Å². The quantitative estimate of drug-likeness (QED) is 0.683. The van der Waals surface area contributed by atoms with Crippen molar-refractivity contribution in [2.75, 3.05) is 6.61 Å². The molecule has 2 N–H and O–H groups in total. The zero-order valence-corrected chi connectivity index (χ0v) is 8.25. The maximum Gasteiger partial charge on any atom is 0.303 e. The minimum atomic E-state index is -0.916. The van der Waals surface area contributed by atoms with E-state index in [1.165, 1.54) is 6.92 Å². The summed E-state index contributed by atoms with van der Waals surface area (Å²) in [5.74, 6) is -0.993. The van der Waals surface area contributed by atoms with E-state index in [2.05, 4.69) is 6.92 Å². The number of carbonyl (C=O) groups excluding carboxylic acids is 1. The smallest absolute Gasteiger partial charge is 0.303 e. The van der Waals surface area contributed by atoms with Crippen molar-refractivity contribution in [2.45, 2.75) is 39.5 Å². The lowest BCUT2D eigenvalue weighted by Gasteiger charge is -1.86. The number of hydrogen-bond donors (Lipinski definition) is 2. The number of carboxylic acids is 1. The minimum absolute atomic E-state index is 0.0463. The number of rotatable bonds is 5. The molecule has 0 aromatic rings. The molecule has 0 heterocycles. The first-order chi connectivity index (χ1) is 6.04. The maximum atomic E-state index is 10.1. The second-order valence-corrected chi connectivity index (χ2v) is 2.67. The van der Waals surface area contributed by atoms with Gasteiger partial charge in [0.2, 0.25) is 0 Å². The van der Waals surface area contributed by atoms with E-state index in [0.29, 0.717) is 6.61 Å². The summed E-state index contributed by atoms with van der Waals surface area (Å²) in [5, 5.41) is 16.1. The molecule has 0 spiro atoms. The van der Waals surface area contributed by atoms with E-state index in [4.69, 9.17) is 10.2 Å². The van der Waals surface area contributed by atoms with Crippen LogP contribution >= 0.6 is 0 Å². The molecule has 0 saturated heterocycles. The molecule has 0 aliphatic rings. The van der Waals surface area contributed by atoms with Gasteiger partial charge in [-0.2, -0.15) is 0 Å². The highest BCUT2D eigenvalue weighted by Gasteiger charge is 1.97. The summed E-state index contributed by atoms with van der Waals surface area (Å²) >= 11 is 0. The summed E-state index contributed by atoms with van der Waals surface area (Å²) in [6, 6.07) is 0. The third-order valence-electron chi connectivity index (χ3n) is 1.20. The monoisotopic (exact) mass is 190 g/mol. The molecular weight excluding hydrogens is 172 g/mol. The van der Waals surface area contributed by atoms with E-state index in [-0.39, 0.29) is 18.6 Å². The van der Waals surface area contributed by atoms with Crippen LogP contribution in [-0.4, -0.2) is 28.6 Å². The molecule has 0 radical (unpaired) electrons. The fourth-order valence-electron chi connectivity index (χ4n) is 0.441. The first-order valence-corrected chi connectivity index (χ1v) is 4.36. The Bertz CT molecular complexity index is 127. The Morgan fingerprint density at radius 1 is 1.23 bits per heavy atom. The first kappa shape index (κ1) is 14.6. The maximum absolute atomic E-state index is 10.1. The summed E-state index contributed by atoms with van der Waals surface area (Å²) in [7, 11) is 0. The SMILES string of the molecule is CC(=O)CCC(=O)O.CCCCO. The van der Waals surface area contributed by atoms with Gasteiger partial charge in [0.25, 0.3) is 0 Å². The zero-order chi connectivity index (χ0) is 10.7. The third-order valence-corrected chi connectivity index (χ3v) is 1.20. The van der Waals surface area contributed by atoms with Crippen LogP contribution in [0, 0.1) is 0 Å². The minimum Gasteiger partial charge on any atom is -0.481 e. The number of aliphatic carboxylic acids is 1. The Morgan fingerprint density at radius 3 is 1.85 bits per heavy atom. The molecule has 78 valence electrons. The third kappa shape index (κ3) is 24.7. The number of Topliss-reactive ketones (excluding diaryl/α,β-unsaturated/α-hetero) is 1. The number of aliphatic hydroxyl groups excluding tert-OH is 1. The number of ketones is 1. The first-order valence-electron chi connectivity index (χ1n) is 4.36. The van der Waals surface area contributed by atoms with Gasteiger partial charge in [0.05, 0.1) is 6.42 Å². The molecule has 0 aromatic carbocycles. The van der Waals surface area contributed by atoms with Crippen LogP contribution in [0.25, 0.3) is 0 Å². The predicted octanol–water partition coefficient (Wildman–Crippen LogP) is 1.22. The standard InChI is InChI=1S/C5H8O3.C4H10O/c1-4(6)2-3-5(7)8;1-2-3-4-5/h2-3H2,1H3,(H,7,8);5H,2-4H2,1H3. The van der Waals surface area contributed by atoms with Crippen LogP contribution in [-0.2, 0) is 9.59 Å². The van der Waals surface area contributed by atoms with Crippen molar-refractivity contribution < 1.29 is 19.8 Å². The van der Waals surface area contributed by atoms with Gasteiger partial charge in [0.1, 0.15) is 5.78 Å². The number of aliphatic hydroxyl groups is 1. The van der Waals surface area contributed by atoms with Crippen LogP contribution in [0.15, 0.2) is 0 Å². The number of unbranched alkanes of at least 4 members (excludes halogenated alkanes) is 1. The molecule has 0 bridgehead atoms. The molecular formula is C9H18O4. The topological polar surface area (TPSA) is 74.6 Å². The average molecular weight is 190 g/mol. The van der Waals surface area contributed by atoms with Crippen molar-refractivity contribution in [3.05, 3.63) is 0 Å². The second kappa shape index (κ2) is 11.1. The van der Waals surface area contributed by atoms with Gasteiger partial charge in [-0.25, -0.2) is 0 Å². The molecule has 4 heteroatoms. The van der Waals surface area contributed by atoms with Gasteiger partial charge in [0.15, 0.2) is 0 Å². The largest absolute Gasteiger partial charge is 0.481 e. The fraction of sp³-hybridized carbons (Fsp3) is 0.778. The molecule has 0 aromatic heterocycles. The van der Waals surface area contributed by atoms with Gasteiger partial charge in [0, 0.05) is 13.0 Å². The van der Waals surface area contributed by atoms with Gasteiger partial charge in [-0.05, 0) is 13.3 Å². The van der Waals surface area contributed by atoms with Crippen molar-refractivity contribution in [3.8, 4) is 0 Å². The molecule has 0 aliphatic heterocycles. The van der Waals surface area contributed by atoms with Crippen molar-refractivity contribution in [1.82, 2.24) is 0 Å². The van der Waals surface area contributed by atoms with Gasteiger partial charge in [-0.15, -0.1) is 0 Å². The highest BCUT2D eigenvalue weighted by molar-refractivity contribution is 5.80. The Morgan fingerprint density at radius 2 is 1.77 bits per heavy atom. The molecule has 4 nitrogen and oxygen atoms in total. The lowest BCUT2D eigenvalue weighted by molar-refractivity contribution is -0.138. The van der Waals surface area contributed by atoms with Gasteiger partial charge >= 0.3 is 5.97 Å². The molecule has 0 amide bonds. The molecule has 0 fully saturated rings. The summed E-state index contributed by atoms with van der Waals surface area (Å²) in [5.41, 5.74) is 0. The van der Waals surface area contributed by atoms with Gasteiger partial charge in [-0.3, -0.25) is 4.79 Å². The van der Waals surface area contributed by atoms with Crippen molar-refractivity contribution in [2.24, 2.45) is 0 Å². The molecule has 0 unspecified atom stereocenters. The number of hydrogen-bond acceptors (Lipinski definition) is 3. The molecule has 13 heavy (non-hydrogen) atoms. The fourth-order valence-corrected chi connectivity index (χ4v) is 0.441. The summed E-state index contributed by atoms with van der Waals surface area (Å²) in [6.45, 7) is 3.77. The van der Waals surface area contributed by atoms with Crippen LogP contribution in [0.3, 0.4) is 0 Å². The lowest BCUT2D eigenvalue weighted by Crippen LogP contribution is -1.98. The number of carbonyl (C=O) groups is 2. The molecule has 0 atom stereocenters. The second-order valence-electron chi connectivity index (χ2n) is 2.67. The Kier molecular flexibility index (Phi) is 12.5. The Balaban J connectivity index is 0. The Hall–Kier alpha value is -0.900. The van der Waals surface area contributed by atoms with Crippen LogP contribution in [0.2, 0.25) is 0 Å². The predicted molar refractivity (Wildman–Crippen MR) is 49.5 cm³/mol. The lowest BCUT2D eigenvalue weighted by atomic mass is 10.2. The van der Waals surface area contributed by atoms with E-state index < -0.39 is 5.97 Å². The highest BCUT2D eigenvalue weighted by atomic mass is 16.4. The van der Waals surface area contributed by atoms with E-state index in [1.807, 2.05) is 0 Å². The van der Waals surface area contributed by atoms with E-state index in [9.17, 15) is 9.59 Å². The van der Waals surface area contributed by atoms with Crippen molar-refractivity contribution >= 4 is 11.8 Å². The normalized spacial score (nSPS) is 8.54. The Labute approximate surface area is 78.6 Å². The number of carboxylic acid groups (broad SMARTS) is 1. The summed E-state index contributed by atoms with van der Waals surface area (Å²) < 4.78 is 0. The van der Waals surface area contributed by atoms with Crippen LogP contribution in [0.5, 0.6) is 0 Å². The van der Waals surface area contributed by atoms with Crippen LogP contribution < -0.4 is 0 Å². The van der Waals surface area contributed by atoms with Crippen LogP contribution in [0.1, 0.15) is 39.5 Å². The van der Waals surface area contributed by atoms with Crippen molar-refractivity contribution in [3.63, 3.8) is 0 Å². The average Bonchev–Trinajstić information content (AvgIpc) is 2.03. The summed E-state index contributed by atoms with van der Waals surface area (Å²) in [6.07, 6.45) is 2.14. The van der Waals surface area contributed by atoms with Crippen molar-refractivity contribution in [1.29, 1.82) is 0 Å².